The Bertz CT molecular complexity index is 686. The average Bonchev–Trinajstić information content (AvgIpc) is 3.24. The van der Waals surface area contributed by atoms with Gasteiger partial charge in [0.2, 0.25) is 5.91 Å². The van der Waals surface area contributed by atoms with Crippen LogP contribution in [-0.2, 0) is 9.53 Å². The van der Waals surface area contributed by atoms with Crippen molar-refractivity contribution in [3.05, 3.63) is 28.8 Å². The van der Waals surface area contributed by atoms with E-state index in [1.54, 1.807) is 7.05 Å². The number of amides is 1. The molecule has 2 aliphatic heterocycles. The van der Waals surface area contributed by atoms with Crippen molar-refractivity contribution in [1.29, 1.82) is 0 Å². The fourth-order valence-corrected chi connectivity index (χ4v) is 3.92. The molecule has 1 amide bonds. The van der Waals surface area contributed by atoms with Crippen LogP contribution in [0.15, 0.2) is 23.2 Å². The molecule has 0 aromatic heterocycles. The number of halogens is 1. The van der Waals surface area contributed by atoms with E-state index in [0.29, 0.717) is 23.7 Å². The van der Waals surface area contributed by atoms with E-state index >= 15 is 0 Å². The van der Waals surface area contributed by atoms with Crippen molar-refractivity contribution in [2.24, 2.45) is 10.4 Å². The van der Waals surface area contributed by atoms with Crippen molar-refractivity contribution in [2.75, 3.05) is 45.2 Å². The third kappa shape index (κ3) is 4.48. The van der Waals surface area contributed by atoms with Crippen LogP contribution in [0.5, 0.6) is 0 Å². The lowest BCUT2D eigenvalue weighted by atomic mass is 9.87. The van der Waals surface area contributed by atoms with Crippen LogP contribution >= 0.6 is 11.6 Å². The first-order chi connectivity index (χ1) is 12.5. The second-order valence-corrected chi connectivity index (χ2v) is 7.64. The minimum absolute atomic E-state index is 0.0687. The van der Waals surface area contributed by atoms with Gasteiger partial charge in [0.1, 0.15) is 0 Å². The van der Waals surface area contributed by atoms with Gasteiger partial charge in [0, 0.05) is 45.1 Å². The van der Waals surface area contributed by atoms with E-state index in [9.17, 15) is 4.79 Å². The number of carbonyl (C=O) groups is 1. The topological polar surface area (TPSA) is 66.0 Å². The Morgan fingerprint density at radius 1 is 1.42 bits per heavy atom. The highest BCUT2D eigenvalue weighted by molar-refractivity contribution is 6.33. The molecule has 1 unspecified atom stereocenters. The Morgan fingerprint density at radius 2 is 2.27 bits per heavy atom. The molecule has 0 radical (unpaired) electrons. The highest BCUT2D eigenvalue weighted by Crippen LogP contribution is 2.38. The molecule has 2 N–H and O–H groups in total. The molecule has 142 valence electrons. The maximum absolute atomic E-state index is 12.2. The number of guanidine groups is 1. The minimum atomic E-state index is -0.0687. The van der Waals surface area contributed by atoms with Crippen LogP contribution in [0.1, 0.15) is 24.8 Å². The van der Waals surface area contributed by atoms with Gasteiger partial charge >= 0.3 is 0 Å². The summed E-state index contributed by atoms with van der Waals surface area (Å²) in [5.41, 5.74) is 2.00. The maximum atomic E-state index is 12.2. The van der Waals surface area contributed by atoms with Crippen molar-refractivity contribution in [3.63, 3.8) is 0 Å². The van der Waals surface area contributed by atoms with E-state index in [2.05, 4.69) is 20.5 Å². The second kappa shape index (κ2) is 8.27. The number of anilines is 1. The molecular formula is C19H27ClN4O2. The predicted octanol–water partition coefficient (Wildman–Crippen LogP) is 2.66. The molecule has 7 heteroatoms. The van der Waals surface area contributed by atoms with Crippen LogP contribution in [0.3, 0.4) is 0 Å². The first-order valence-electron chi connectivity index (χ1n) is 9.11. The summed E-state index contributed by atoms with van der Waals surface area (Å²) in [6.45, 7) is 6.16. The normalized spacial score (nSPS) is 22.9. The number of likely N-dealkylation sites (tertiary alicyclic amines) is 1. The van der Waals surface area contributed by atoms with Crippen LogP contribution in [0.25, 0.3) is 0 Å². The molecule has 1 atom stereocenters. The summed E-state index contributed by atoms with van der Waals surface area (Å²) < 4.78 is 5.58. The molecule has 1 aromatic rings. The Hall–Kier alpha value is -1.79. The minimum Gasteiger partial charge on any atom is -0.381 e. The van der Waals surface area contributed by atoms with Gasteiger partial charge in [-0.3, -0.25) is 9.79 Å². The molecule has 0 bridgehead atoms. The van der Waals surface area contributed by atoms with Crippen molar-refractivity contribution in [3.8, 4) is 0 Å². The highest BCUT2D eigenvalue weighted by atomic mass is 35.5. The summed E-state index contributed by atoms with van der Waals surface area (Å²) >= 11 is 6.16. The van der Waals surface area contributed by atoms with Gasteiger partial charge in [0.25, 0.3) is 0 Å². The zero-order valence-corrected chi connectivity index (χ0v) is 16.2. The fraction of sp³-hybridized carbons (Fsp3) is 0.579. The number of hydrogen-bond acceptors (Lipinski definition) is 3. The van der Waals surface area contributed by atoms with Crippen molar-refractivity contribution in [2.45, 2.75) is 26.2 Å². The number of nitrogens with one attached hydrogen (secondary N) is 2. The number of rotatable bonds is 4. The largest absolute Gasteiger partial charge is 0.381 e. The van der Waals surface area contributed by atoms with Crippen molar-refractivity contribution < 1.29 is 9.53 Å². The zero-order chi connectivity index (χ0) is 18.6. The number of aryl methyl sites for hydroxylation is 1. The van der Waals surface area contributed by atoms with E-state index in [4.69, 9.17) is 16.3 Å². The highest BCUT2D eigenvalue weighted by Gasteiger charge is 2.42. The summed E-state index contributed by atoms with van der Waals surface area (Å²) in [6, 6.07) is 5.60. The lowest BCUT2D eigenvalue weighted by Crippen LogP contribution is -2.42. The molecule has 2 heterocycles. The van der Waals surface area contributed by atoms with Gasteiger partial charge < -0.3 is 20.3 Å². The van der Waals surface area contributed by atoms with Gasteiger partial charge in [-0.2, -0.15) is 0 Å². The molecule has 1 spiro atoms. The predicted molar refractivity (Wildman–Crippen MR) is 105 cm³/mol. The molecule has 1 aromatic carbocycles. The molecule has 0 saturated carbocycles. The lowest BCUT2D eigenvalue weighted by molar-refractivity contribution is -0.116. The second-order valence-electron chi connectivity index (χ2n) is 7.23. The molecule has 3 rings (SSSR count). The number of ether oxygens (including phenoxy) is 1. The van der Waals surface area contributed by atoms with Gasteiger partial charge in [-0.15, -0.1) is 0 Å². The maximum Gasteiger partial charge on any atom is 0.226 e. The SMILES string of the molecule is CN=C(NCCC(=O)Nc1ccc(C)cc1Cl)N1CCC2(CCOC2)C1. The van der Waals surface area contributed by atoms with E-state index in [0.717, 1.165) is 50.7 Å². The fourth-order valence-electron chi connectivity index (χ4n) is 3.64. The molecule has 26 heavy (non-hydrogen) atoms. The third-order valence-electron chi connectivity index (χ3n) is 5.17. The first-order valence-corrected chi connectivity index (χ1v) is 9.48. The Balaban J connectivity index is 1.45. The summed E-state index contributed by atoms with van der Waals surface area (Å²) in [4.78, 5) is 18.8. The van der Waals surface area contributed by atoms with E-state index in [1.807, 2.05) is 25.1 Å². The number of aliphatic imine (C=N–C) groups is 1. The number of benzene rings is 1. The molecule has 6 nitrogen and oxygen atoms in total. The molecule has 0 aliphatic carbocycles. The Kier molecular flexibility index (Phi) is 6.04. The molecular weight excluding hydrogens is 352 g/mol. The summed E-state index contributed by atoms with van der Waals surface area (Å²) in [7, 11) is 1.78. The van der Waals surface area contributed by atoms with Gasteiger partial charge in [-0.1, -0.05) is 17.7 Å². The van der Waals surface area contributed by atoms with Gasteiger partial charge in [-0.05, 0) is 37.5 Å². The Morgan fingerprint density at radius 3 is 2.96 bits per heavy atom. The number of nitrogens with zero attached hydrogens (tertiary/aromatic N) is 2. The summed E-state index contributed by atoms with van der Waals surface area (Å²) in [6.07, 6.45) is 2.62. The van der Waals surface area contributed by atoms with Gasteiger partial charge in [-0.25, -0.2) is 0 Å². The first kappa shape index (κ1) is 19.0. The van der Waals surface area contributed by atoms with Crippen LogP contribution in [0, 0.1) is 12.3 Å². The molecule has 2 fully saturated rings. The smallest absolute Gasteiger partial charge is 0.226 e. The summed E-state index contributed by atoms with van der Waals surface area (Å²) in [5.74, 6) is 0.788. The molecule has 2 aliphatic rings. The van der Waals surface area contributed by atoms with Crippen molar-refractivity contribution >= 4 is 29.2 Å². The third-order valence-corrected chi connectivity index (χ3v) is 5.48. The summed E-state index contributed by atoms with van der Waals surface area (Å²) in [5, 5.41) is 6.72. The quantitative estimate of drug-likeness (QED) is 0.624. The lowest BCUT2D eigenvalue weighted by Gasteiger charge is -2.24. The van der Waals surface area contributed by atoms with Gasteiger partial charge in [0.15, 0.2) is 5.96 Å². The van der Waals surface area contributed by atoms with E-state index in [1.165, 1.54) is 0 Å². The Labute approximate surface area is 159 Å². The van der Waals surface area contributed by atoms with Crippen molar-refractivity contribution in [1.82, 2.24) is 10.2 Å². The van der Waals surface area contributed by atoms with Crippen LogP contribution in [0.2, 0.25) is 5.02 Å². The van der Waals surface area contributed by atoms with Crippen LogP contribution in [-0.4, -0.2) is 56.7 Å². The standard InChI is InChI=1S/C19H27ClN4O2/c1-14-3-4-16(15(20)11-14)23-17(25)5-8-22-18(21-2)24-9-6-19(12-24)7-10-26-13-19/h3-4,11H,5-10,12-13H2,1-2H3,(H,21,22)(H,23,25). The van der Waals surface area contributed by atoms with Gasteiger partial charge in [0.05, 0.1) is 17.3 Å². The number of hydrogen-bond donors (Lipinski definition) is 2. The number of carbonyl (C=O) groups excluding carboxylic acids is 1. The van der Waals surface area contributed by atoms with E-state index in [-0.39, 0.29) is 11.3 Å². The monoisotopic (exact) mass is 378 g/mol. The average molecular weight is 379 g/mol. The zero-order valence-electron chi connectivity index (χ0n) is 15.5. The van der Waals surface area contributed by atoms with Crippen LogP contribution in [0.4, 0.5) is 5.69 Å². The van der Waals surface area contributed by atoms with E-state index < -0.39 is 0 Å². The molecule has 2 saturated heterocycles. The van der Waals surface area contributed by atoms with Crippen LogP contribution < -0.4 is 10.6 Å².